The van der Waals surface area contributed by atoms with Gasteiger partial charge in [-0.2, -0.15) is 0 Å². The van der Waals surface area contributed by atoms with Gasteiger partial charge in [0.15, 0.2) is 0 Å². The van der Waals surface area contributed by atoms with Crippen LogP contribution in [0.15, 0.2) is 24.0 Å². The van der Waals surface area contributed by atoms with Gasteiger partial charge in [-0.1, -0.05) is 19.9 Å². The van der Waals surface area contributed by atoms with Gasteiger partial charge in [0.25, 0.3) is 0 Å². The highest BCUT2D eigenvalue weighted by Crippen LogP contribution is 2.22. The molecule has 3 nitrogen and oxygen atoms in total. The molecule has 0 saturated carbocycles. The van der Waals surface area contributed by atoms with Crippen molar-refractivity contribution in [1.29, 1.82) is 0 Å². The lowest BCUT2D eigenvalue weighted by Gasteiger charge is -2.27. The standard InChI is InChI=1S/C10H17NO2/c1-7(2)10(11-13)8-3-5-9(12)6-4-8/h3,5-8,10-13H,4H2,1-2H3. The molecule has 0 saturated heterocycles. The monoisotopic (exact) mass is 183 g/mol. The lowest BCUT2D eigenvalue weighted by molar-refractivity contribution is 0.0837. The number of aliphatic hydroxyl groups is 1. The van der Waals surface area contributed by atoms with E-state index in [0.717, 1.165) is 6.42 Å². The van der Waals surface area contributed by atoms with Gasteiger partial charge in [0.1, 0.15) is 5.76 Å². The highest BCUT2D eigenvalue weighted by atomic mass is 16.5. The SMILES string of the molecule is CC(C)C(NO)C1C=CC(O)=CC1. The minimum atomic E-state index is 0.0561. The summed E-state index contributed by atoms with van der Waals surface area (Å²) in [5, 5.41) is 18.1. The van der Waals surface area contributed by atoms with Crippen LogP contribution < -0.4 is 5.48 Å². The van der Waals surface area contributed by atoms with Crippen molar-refractivity contribution in [3.8, 4) is 0 Å². The molecular weight excluding hydrogens is 166 g/mol. The van der Waals surface area contributed by atoms with Crippen LogP contribution in [0.2, 0.25) is 0 Å². The summed E-state index contributed by atoms with van der Waals surface area (Å²) in [6, 6.07) is 0.0561. The fraction of sp³-hybridized carbons (Fsp3) is 0.600. The Labute approximate surface area is 78.7 Å². The first-order chi connectivity index (χ1) is 6.15. The van der Waals surface area contributed by atoms with E-state index in [4.69, 9.17) is 10.3 Å². The minimum Gasteiger partial charge on any atom is -0.508 e. The second-order valence-electron chi connectivity index (χ2n) is 3.79. The second-order valence-corrected chi connectivity index (χ2v) is 3.79. The lowest BCUT2D eigenvalue weighted by atomic mass is 9.86. The summed E-state index contributed by atoms with van der Waals surface area (Å²) < 4.78 is 0. The average molecular weight is 183 g/mol. The summed E-state index contributed by atoms with van der Waals surface area (Å²) in [6.45, 7) is 4.11. The van der Waals surface area contributed by atoms with Crippen LogP contribution in [0, 0.1) is 11.8 Å². The number of hydroxylamine groups is 1. The topological polar surface area (TPSA) is 52.5 Å². The zero-order chi connectivity index (χ0) is 9.84. The fourth-order valence-corrected chi connectivity index (χ4v) is 1.63. The van der Waals surface area contributed by atoms with E-state index in [2.05, 4.69) is 19.3 Å². The van der Waals surface area contributed by atoms with Crippen molar-refractivity contribution in [3.63, 3.8) is 0 Å². The smallest absolute Gasteiger partial charge is 0.111 e. The van der Waals surface area contributed by atoms with Gasteiger partial charge in [-0.25, -0.2) is 5.48 Å². The van der Waals surface area contributed by atoms with Gasteiger partial charge in [-0.15, -0.1) is 0 Å². The van der Waals surface area contributed by atoms with Crippen LogP contribution >= 0.6 is 0 Å². The van der Waals surface area contributed by atoms with E-state index in [1.165, 1.54) is 0 Å². The molecule has 1 rings (SSSR count). The third-order valence-electron chi connectivity index (χ3n) is 2.44. The second kappa shape index (κ2) is 4.44. The third kappa shape index (κ3) is 2.57. The lowest BCUT2D eigenvalue weighted by Crippen LogP contribution is -2.38. The zero-order valence-corrected chi connectivity index (χ0v) is 8.07. The van der Waals surface area contributed by atoms with E-state index in [9.17, 15) is 0 Å². The minimum absolute atomic E-state index is 0.0561. The van der Waals surface area contributed by atoms with Crippen LogP contribution in [-0.4, -0.2) is 16.4 Å². The predicted octanol–water partition coefficient (Wildman–Crippen LogP) is 2.01. The maximum atomic E-state index is 9.11. The number of hydrogen-bond donors (Lipinski definition) is 3. The number of hydrogen-bond acceptors (Lipinski definition) is 3. The van der Waals surface area contributed by atoms with Gasteiger partial charge in [0, 0.05) is 6.04 Å². The third-order valence-corrected chi connectivity index (χ3v) is 2.44. The molecule has 0 aromatic carbocycles. The number of rotatable bonds is 3. The van der Waals surface area contributed by atoms with E-state index in [0.29, 0.717) is 11.7 Å². The molecule has 0 aromatic rings. The van der Waals surface area contributed by atoms with Gasteiger partial charge in [-0.05, 0) is 30.4 Å². The van der Waals surface area contributed by atoms with Gasteiger partial charge in [0.05, 0.1) is 0 Å². The van der Waals surface area contributed by atoms with E-state index in [1.54, 1.807) is 12.2 Å². The van der Waals surface area contributed by atoms with Crippen molar-refractivity contribution in [1.82, 2.24) is 5.48 Å². The number of nitrogens with one attached hydrogen (secondary N) is 1. The molecule has 2 unspecified atom stereocenters. The van der Waals surface area contributed by atoms with Crippen molar-refractivity contribution >= 4 is 0 Å². The molecule has 0 aromatic heterocycles. The number of aliphatic hydroxyl groups excluding tert-OH is 1. The molecule has 0 aliphatic heterocycles. The zero-order valence-electron chi connectivity index (χ0n) is 8.07. The molecule has 3 N–H and O–H groups in total. The van der Waals surface area contributed by atoms with Gasteiger partial charge >= 0.3 is 0 Å². The Morgan fingerprint density at radius 3 is 2.62 bits per heavy atom. The van der Waals surface area contributed by atoms with Crippen LogP contribution in [0.1, 0.15) is 20.3 Å². The summed E-state index contributed by atoms with van der Waals surface area (Å²) in [6.07, 6.45) is 6.17. The Hall–Kier alpha value is -0.800. The van der Waals surface area contributed by atoms with Crippen LogP contribution in [0.5, 0.6) is 0 Å². The summed E-state index contributed by atoms with van der Waals surface area (Å²) in [5.41, 5.74) is 2.32. The van der Waals surface area contributed by atoms with E-state index < -0.39 is 0 Å². The normalized spacial score (nSPS) is 24.6. The molecular formula is C10H17NO2. The van der Waals surface area contributed by atoms with E-state index in [-0.39, 0.29) is 12.0 Å². The average Bonchev–Trinajstić information content (AvgIpc) is 2.09. The number of allylic oxidation sites excluding steroid dienone is 2. The molecule has 0 spiro atoms. The van der Waals surface area contributed by atoms with E-state index in [1.807, 2.05) is 6.08 Å². The van der Waals surface area contributed by atoms with Crippen LogP contribution in [0.3, 0.4) is 0 Å². The van der Waals surface area contributed by atoms with Crippen molar-refractivity contribution in [2.24, 2.45) is 11.8 Å². The summed E-state index contributed by atoms with van der Waals surface area (Å²) in [4.78, 5) is 0. The summed E-state index contributed by atoms with van der Waals surface area (Å²) >= 11 is 0. The summed E-state index contributed by atoms with van der Waals surface area (Å²) in [5.74, 6) is 0.950. The summed E-state index contributed by atoms with van der Waals surface area (Å²) in [7, 11) is 0. The first-order valence-electron chi connectivity index (χ1n) is 4.62. The van der Waals surface area contributed by atoms with Crippen molar-refractivity contribution in [3.05, 3.63) is 24.0 Å². The first-order valence-corrected chi connectivity index (χ1v) is 4.62. The van der Waals surface area contributed by atoms with Gasteiger partial charge in [-0.3, -0.25) is 0 Å². The molecule has 1 aliphatic rings. The van der Waals surface area contributed by atoms with Crippen molar-refractivity contribution in [2.75, 3.05) is 0 Å². The van der Waals surface area contributed by atoms with Crippen molar-refractivity contribution < 1.29 is 10.3 Å². The molecule has 0 bridgehead atoms. The van der Waals surface area contributed by atoms with Crippen molar-refractivity contribution in [2.45, 2.75) is 26.3 Å². The van der Waals surface area contributed by atoms with E-state index >= 15 is 0 Å². The van der Waals surface area contributed by atoms with Crippen LogP contribution in [0.25, 0.3) is 0 Å². The highest BCUT2D eigenvalue weighted by molar-refractivity contribution is 5.18. The van der Waals surface area contributed by atoms with Crippen LogP contribution in [-0.2, 0) is 0 Å². The predicted molar refractivity (Wildman–Crippen MR) is 51.5 cm³/mol. The Kier molecular flexibility index (Phi) is 3.51. The largest absolute Gasteiger partial charge is 0.508 e. The Morgan fingerprint density at radius 2 is 2.23 bits per heavy atom. The molecule has 74 valence electrons. The maximum Gasteiger partial charge on any atom is 0.111 e. The first kappa shape index (κ1) is 10.3. The fourth-order valence-electron chi connectivity index (χ4n) is 1.63. The molecule has 13 heavy (non-hydrogen) atoms. The molecule has 1 aliphatic carbocycles. The molecule has 3 heteroatoms. The quantitative estimate of drug-likeness (QED) is 0.587. The highest BCUT2D eigenvalue weighted by Gasteiger charge is 2.22. The molecule has 0 radical (unpaired) electrons. The molecule has 0 fully saturated rings. The molecule has 2 atom stereocenters. The van der Waals surface area contributed by atoms with Gasteiger partial charge < -0.3 is 10.3 Å². The molecule has 0 amide bonds. The Morgan fingerprint density at radius 1 is 1.54 bits per heavy atom. The Bertz CT molecular complexity index is 221. The maximum absolute atomic E-state index is 9.11. The van der Waals surface area contributed by atoms with Crippen LogP contribution in [0.4, 0.5) is 0 Å². The Balaban J connectivity index is 2.58. The molecule has 0 heterocycles. The van der Waals surface area contributed by atoms with Gasteiger partial charge in [0.2, 0.25) is 0 Å².